The van der Waals surface area contributed by atoms with Gasteiger partial charge in [-0.2, -0.15) is 5.10 Å². The van der Waals surface area contributed by atoms with Gasteiger partial charge in [0.25, 0.3) is 0 Å². The van der Waals surface area contributed by atoms with Gasteiger partial charge in [0.15, 0.2) is 5.78 Å². The van der Waals surface area contributed by atoms with Gasteiger partial charge in [0.2, 0.25) is 0 Å². The first-order chi connectivity index (χ1) is 8.09. The lowest BCUT2D eigenvalue weighted by molar-refractivity contribution is 0.101. The Morgan fingerprint density at radius 3 is 2.59 bits per heavy atom. The highest BCUT2D eigenvalue weighted by molar-refractivity contribution is 5.94. The Morgan fingerprint density at radius 1 is 1.29 bits per heavy atom. The highest BCUT2D eigenvalue weighted by Gasteiger charge is 2.10. The average molecular weight is 228 g/mol. The summed E-state index contributed by atoms with van der Waals surface area (Å²) in [6.07, 6.45) is 1.65. The highest BCUT2D eigenvalue weighted by Crippen LogP contribution is 2.13. The second-order valence-electron chi connectivity index (χ2n) is 4.28. The van der Waals surface area contributed by atoms with E-state index in [-0.39, 0.29) is 5.78 Å². The Balaban J connectivity index is 2.31. The summed E-state index contributed by atoms with van der Waals surface area (Å²) < 4.78 is 1.87. The van der Waals surface area contributed by atoms with Crippen molar-refractivity contribution in [1.82, 2.24) is 9.78 Å². The van der Waals surface area contributed by atoms with Gasteiger partial charge >= 0.3 is 0 Å². The second-order valence-corrected chi connectivity index (χ2v) is 4.28. The molecule has 3 nitrogen and oxygen atoms in total. The molecule has 0 spiro atoms. The van der Waals surface area contributed by atoms with Crippen molar-refractivity contribution >= 4 is 5.78 Å². The molecule has 0 amide bonds. The number of ketones is 1. The van der Waals surface area contributed by atoms with Crippen LogP contribution in [0.1, 0.15) is 34.1 Å². The van der Waals surface area contributed by atoms with Crippen LogP contribution in [0, 0.1) is 13.8 Å². The standard InChI is InChI=1S/C14H16N2O/c1-10-6-4-5-7-13(10)9-16-11(2)14(8-15-16)12(3)17/h4-8H,9H2,1-3H3. The molecule has 0 aliphatic heterocycles. The molecule has 1 aromatic carbocycles. The summed E-state index contributed by atoms with van der Waals surface area (Å²) in [6, 6.07) is 8.22. The Morgan fingerprint density at radius 2 is 2.00 bits per heavy atom. The number of Topliss-reactive ketones (excluding diaryl/α,β-unsaturated/α-hetero) is 1. The molecule has 3 heteroatoms. The third-order valence-corrected chi connectivity index (χ3v) is 3.06. The van der Waals surface area contributed by atoms with Crippen molar-refractivity contribution in [2.45, 2.75) is 27.3 Å². The van der Waals surface area contributed by atoms with Crippen LogP contribution in [-0.4, -0.2) is 15.6 Å². The molecule has 0 saturated carbocycles. The molecule has 17 heavy (non-hydrogen) atoms. The molecule has 0 saturated heterocycles. The first-order valence-corrected chi connectivity index (χ1v) is 5.67. The average Bonchev–Trinajstić information content (AvgIpc) is 2.64. The molecule has 0 aliphatic carbocycles. The summed E-state index contributed by atoms with van der Waals surface area (Å²) in [5.74, 6) is 0.0681. The summed E-state index contributed by atoms with van der Waals surface area (Å²) >= 11 is 0. The molecule has 1 heterocycles. The molecule has 0 fully saturated rings. The smallest absolute Gasteiger partial charge is 0.163 e. The lowest BCUT2D eigenvalue weighted by atomic mass is 10.1. The molecule has 0 atom stereocenters. The van der Waals surface area contributed by atoms with Crippen LogP contribution in [0.3, 0.4) is 0 Å². The molecule has 0 bridgehead atoms. The van der Waals surface area contributed by atoms with Crippen molar-refractivity contribution in [2.75, 3.05) is 0 Å². The maximum absolute atomic E-state index is 11.3. The quantitative estimate of drug-likeness (QED) is 0.757. The van der Waals surface area contributed by atoms with Gasteiger partial charge < -0.3 is 0 Å². The van der Waals surface area contributed by atoms with Crippen LogP contribution in [0.25, 0.3) is 0 Å². The first kappa shape index (κ1) is 11.6. The van der Waals surface area contributed by atoms with Crippen LogP contribution in [0.4, 0.5) is 0 Å². The third-order valence-electron chi connectivity index (χ3n) is 3.06. The van der Waals surface area contributed by atoms with Gasteiger partial charge in [-0.1, -0.05) is 24.3 Å². The van der Waals surface area contributed by atoms with Crippen molar-refractivity contribution < 1.29 is 4.79 Å². The SMILES string of the molecule is CC(=O)c1cnn(Cc2ccccc2C)c1C. The number of rotatable bonds is 3. The van der Waals surface area contributed by atoms with Crippen molar-refractivity contribution in [2.24, 2.45) is 0 Å². The number of nitrogens with zero attached hydrogens (tertiary/aromatic N) is 2. The predicted molar refractivity (Wildman–Crippen MR) is 67.2 cm³/mol. The molecule has 88 valence electrons. The Hall–Kier alpha value is -1.90. The van der Waals surface area contributed by atoms with Gasteiger partial charge in [0.1, 0.15) is 0 Å². The van der Waals surface area contributed by atoms with Gasteiger partial charge in [0, 0.05) is 5.69 Å². The molecule has 0 aliphatic rings. The van der Waals surface area contributed by atoms with Crippen molar-refractivity contribution in [3.8, 4) is 0 Å². The third kappa shape index (κ3) is 2.28. The van der Waals surface area contributed by atoms with Gasteiger partial charge in [-0.15, -0.1) is 0 Å². The summed E-state index contributed by atoms with van der Waals surface area (Å²) in [5.41, 5.74) is 4.11. The maximum atomic E-state index is 11.3. The fraction of sp³-hybridized carbons (Fsp3) is 0.286. The Kier molecular flexibility index (Phi) is 3.09. The zero-order valence-electron chi connectivity index (χ0n) is 10.4. The topological polar surface area (TPSA) is 34.9 Å². The normalized spacial score (nSPS) is 10.5. The van der Waals surface area contributed by atoms with Crippen LogP contribution < -0.4 is 0 Å². The van der Waals surface area contributed by atoms with E-state index in [9.17, 15) is 4.79 Å². The molecule has 0 radical (unpaired) electrons. The molecule has 1 aromatic heterocycles. The number of hydrogen-bond acceptors (Lipinski definition) is 2. The van der Waals surface area contributed by atoms with Crippen LogP contribution in [0.15, 0.2) is 30.5 Å². The minimum absolute atomic E-state index is 0.0681. The van der Waals surface area contributed by atoms with E-state index in [0.717, 1.165) is 5.69 Å². The summed E-state index contributed by atoms with van der Waals surface area (Å²) in [7, 11) is 0. The summed E-state index contributed by atoms with van der Waals surface area (Å²) in [5, 5.41) is 4.27. The van der Waals surface area contributed by atoms with Crippen molar-refractivity contribution in [3.63, 3.8) is 0 Å². The van der Waals surface area contributed by atoms with Gasteiger partial charge in [-0.05, 0) is 31.9 Å². The van der Waals surface area contributed by atoms with E-state index in [4.69, 9.17) is 0 Å². The fourth-order valence-electron chi connectivity index (χ4n) is 1.90. The maximum Gasteiger partial charge on any atom is 0.163 e. The van der Waals surface area contributed by atoms with E-state index < -0.39 is 0 Å². The molecule has 2 rings (SSSR count). The Bertz CT molecular complexity index is 555. The lowest BCUT2D eigenvalue weighted by Crippen LogP contribution is -2.06. The van der Waals surface area contributed by atoms with Crippen molar-refractivity contribution in [3.05, 3.63) is 52.8 Å². The van der Waals surface area contributed by atoms with E-state index >= 15 is 0 Å². The van der Waals surface area contributed by atoms with Gasteiger partial charge in [-0.3, -0.25) is 9.48 Å². The number of hydrogen-bond donors (Lipinski definition) is 0. The number of aryl methyl sites for hydroxylation is 1. The largest absolute Gasteiger partial charge is 0.294 e. The first-order valence-electron chi connectivity index (χ1n) is 5.67. The van der Waals surface area contributed by atoms with Crippen LogP contribution in [0.2, 0.25) is 0 Å². The van der Waals surface area contributed by atoms with E-state index in [0.29, 0.717) is 12.1 Å². The molecule has 0 unspecified atom stereocenters. The molecular weight excluding hydrogens is 212 g/mol. The lowest BCUT2D eigenvalue weighted by Gasteiger charge is -2.07. The highest BCUT2D eigenvalue weighted by atomic mass is 16.1. The number of carbonyl (C=O) groups excluding carboxylic acids is 1. The minimum Gasteiger partial charge on any atom is -0.294 e. The minimum atomic E-state index is 0.0681. The van der Waals surface area contributed by atoms with E-state index in [2.05, 4.69) is 24.2 Å². The fourth-order valence-corrected chi connectivity index (χ4v) is 1.90. The summed E-state index contributed by atoms with van der Waals surface area (Å²) in [6.45, 7) is 6.30. The van der Waals surface area contributed by atoms with E-state index in [1.54, 1.807) is 13.1 Å². The van der Waals surface area contributed by atoms with E-state index in [1.165, 1.54) is 11.1 Å². The van der Waals surface area contributed by atoms with Crippen LogP contribution >= 0.6 is 0 Å². The monoisotopic (exact) mass is 228 g/mol. The zero-order chi connectivity index (χ0) is 12.4. The van der Waals surface area contributed by atoms with Crippen molar-refractivity contribution in [1.29, 1.82) is 0 Å². The van der Waals surface area contributed by atoms with Gasteiger partial charge in [0.05, 0.1) is 18.3 Å². The second kappa shape index (κ2) is 4.53. The Labute approximate surface area is 101 Å². The van der Waals surface area contributed by atoms with Gasteiger partial charge in [-0.25, -0.2) is 0 Å². The number of benzene rings is 1. The van der Waals surface area contributed by atoms with E-state index in [1.807, 2.05) is 23.7 Å². The zero-order valence-corrected chi connectivity index (χ0v) is 10.4. The van der Waals surface area contributed by atoms with Crippen LogP contribution in [0.5, 0.6) is 0 Å². The predicted octanol–water partition coefficient (Wildman–Crippen LogP) is 2.75. The number of aromatic nitrogens is 2. The molecule has 2 aromatic rings. The molecular formula is C14H16N2O. The number of carbonyl (C=O) groups is 1. The van der Waals surface area contributed by atoms with Crippen LogP contribution in [-0.2, 0) is 6.54 Å². The molecule has 0 N–H and O–H groups in total. The summed E-state index contributed by atoms with van der Waals surface area (Å²) in [4.78, 5) is 11.3.